The fourth-order valence-corrected chi connectivity index (χ4v) is 2.53. The number of benzene rings is 1. The van der Waals surface area contributed by atoms with E-state index in [0.29, 0.717) is 5.02 Å². The summed E-state index contributed by atoms with van der Waals surface area (Å²) in [6.07, 6.45) is 1.40. The molecular formula is C16H10Cl2FN3O2. The summed E-state index contributed by atoms with van der Waals surface area (Å²) in [5, 5.41) is 6.93. The summed E-state index contributed by atoms with van der Waals surface area (Å²) >= 11 is 11.8. The molecule has 5 nitrogen and oxygen atoms in total. The van der Waals surface area contributed by atoms with E-state index >= 15 is 0 Å². The lowest BCUT2D eigenvalue weighted by atomic mass is 10.0. The van der Waals surface area contributed by atoms with E-state index < -0.39 is 11.7 Å². The van der Waals surface area contributed by atoms with E-state index in [9.17, 15) is 9.18 Å². The Kier molecular flexibility index (Phi) is 4.51. The van der Waals surface area contributed by atoms with Crippen molar-refractivity contribution in [1.82, 2.24) is 10.1 Å². The molecule has 0 aliphatic carbocycles. The van der Waals surface area contributed by atoms with Gasteiger partial charge in [-0.15, -0.1) is 0 Å². The summed E-state index contributed by atoms with van der Waals surface area (Å²) in [7, 11) is 0. The van der Waals surface area contributed by atoms with Crippen molar-refractivity contribution >= 4 is 34.9 Å². The zero-order chi connectivity index (χ0) is 17.3. The summed E-state index contributed by atoms with van der Waals surface area (Å²) in [5.74, 6) is -0.626. The number of hydrogen-bond acceptors (Lipinski definition) is 4. The quantitative estimate of drug-likeness (QED) is 0.727. The molecular weight excluding hydrogens is 356 g/mol. The van der Waals surface area contributed by atoms with E-state index in [0.717, 1.165) is 0 Å². The lowest BCUT2D eigenvalue weighted by Crippen LogP contribution is -2.14. The Labute approximate surface area is 146 Å². The maximum absolute atomic E-state index is 14.1. The zero-order valence-electron chi connectivity index (χ0n) is 12.3. The smallest absolute Gasteiger partial charge is 0.262 e. The number of nitrogens with one attached hydrogen (secondary N) is 1. The molecule has 0 atom stereocenters. The van der Waals surface area contributed by atoms with Crippen LogP contribution in [-0.2, 0) is 0 Å². The van der Waals surface area contributed by atoms with Gasteiger partial charge in [0.1, 0.15) is 28.7 Å². The van der Waals surface area contributed by atoms with Gasteiger partial charge in [-0.2, -0.15) is 0 Å². The number of aryl methyl sites for hydroxylation is 1. The molecule has 0 aliphatic rings. The van der Waals surface area contributed by atoms with E-state index in [1.807, 2.05) is 0 Å². The fourth-order valence-electron chi connectivity index (χ4n) is 2.16. The highest BCUT2D eigenvalue weighted by Crippen LogP contribution is 2.33. The zero-order valence-corrected chi connectivity index (χ0v) is 13.8. The number of nitrogens with zero attached hydrogens (tertiary/aromatic N) is 2. The third kappa shape index (κ3) is 3.11. The van der Waals surface area contributed by atoms with Crippen LogP contribution in [0.1, 0.15) is 16.1 Å². The van der Waals surface area contributed by atoms with Gasteiger partial charge < -0.3 is 9.84 Å². The summed E-state index contributed by atoms with van der Waals surface area (Å²) in [6, 6.07) is 7.32. The van der Waals surface area contributed by atoms with Gasteiger partial charge in [0.15, 0.2) is 0 Å². The van der Waals surface area contributed by atoms with Crippen molar-refractivity contribution in [3.05, 3.63) is 63.7 Å². The molecule has 8 heteroatoms. The van der Waals surface area contributed by atoms with Crippen molar-refractivity contribution in [2.24, 2.45) is 0 Å². The van der Waals surface area contributed by atoms with Gasteiger partial charge in [-0.25, -0.2) is 9.37 Å². The van der Waals surface area contributed by atoms with Crippen LogP contribution < -0.4 is 5.32 Å². The molecule has 3 rings (SSSR count). The number of pyridine rings is 1. The lowest BCUT2D eigenvalue weighted by Gasteiger charge is -2.07. The maximum atomic E-state index is 14.1. The highest BCUT2D eigenvalue weighted by atomic mass is 35.5. The van der Waals surface area contributed by atoms with Crippen LogP contribution in [0.15, 0.2) is 41.1 Å². The van der Waals surface area contributed by atoms with Crippen LogP contribution in [-0.4, -0.2) is 16.0 Å². The molecule has 0 unspecified atom stereocenters. The van der Waals surface area contributed by atoms with E-state index in [-0.39, 0.29) is 33.4 Å². The molecule has 0 fully saturated rings. The SMILES string of the molecule is Cc1onc(-c2c(F)cccc2Cl)c1C(=O)Nc1ccc(Cl)cn1. The first-order valence-electron chi connectivity index (χ1n) is 6.81. The van der Waals surface area contributed by atoms with Gasteiger partial charge in [-0.3, -0.25) is 4.79 Å². The highest BCUT2D eigenvalue weighted by molar-refractivity contribution is 6.33. The van der Waals surface area contributed by atoms with Crippen LogP contribution in [0.5, 0.6) is 0 Å². The molecule has 0 saturated carbocycles. The second-order valence-corrected chi connectivity index (χ2v) is 5.72. The normalized spacial score (nSPS) is 10.7. The van der Waals surface area contributed by atoms with Crippen molar-refractivity contribution in [2.75, 3.05) is 5.32 Å². The van der Waals surface area contributed by atoms with Gasteiger partial charge in [0.05, 0.1) is 15.6 Å². The first kappa shape index (κ1) is 16.4. The molecule has 0 radical (unpaired) electrons. The van der Waals surface area contributed by atoms with E-state index in [2.05, 4.69) is 15.5 Å². The summed E-state index contributed by atoms with van der Waals surface area (Å²) < 4.78 is 19.2. The van der Waals surface area contributed by atoms with E-state index in [4.69, 9.17) is 27.7 Å². The number of carbonyl (C=O) groups is 1. The molecule has 0 spiro atoms. The first-order chi connectivity index (χ1) is 11.5. The number of amides is 1. The van der Waals surface area contributed by atoms with Gasteiger partial charge in [0.25, 0.3) is 5.91 Å². The van der Waals surface area contributed by atoms with Crippen molar-refractivity contribution in [1.29, 1.82) is 0 Å². The van der Waals surface area contributed by atoms with Gasteiger partial charge in [0.2, 0.25) is 0 Å². The third-order valence-corrected chi connectivity index (χ3v) is 3.80. The standard InChI is InChI=1S/C16H10Cl2FN3O2/c1-8-13(16(23)21-12-6-5-9(17)7-20-12)15(22-24-8)14-10(18)3-2-4-11(14)19/h2-7H,1H3,(H,20,21,23). The van der Waals surface area contributed by atoms with E-state index in [1.54, 1.807) is 19.1 Å². The summed E-state index contributed by atoms with van der Waals surface area (Å²) in [5.41, 5.74) is 0.117. The number of rotatable bonds is 3. The van der Waals surface area contributed by atoms with Crippen LogP contribution in [0.4, 0.5) is 10.2 Å². The molecule has 0 bridgehead atoms. The molecule has 0 saturated heterocycles. The lowest BCUT2D eigenvalue weighted by molar-refractivity contribution is 0.102. The minimum atomic E-state index is -0.602. The first-order valence-corrected chi connectivity index (χ1v) is 7.56. The van der Waals surface area contributed by atoms with Crippen LogP contribution in [0.3, 0.4) is 0 Å². The average molecular weight is 366 g/mol. The number of carbonyl (C=O) groups excluding carboxylic acids is 1. The molecule has 1 aromatic carbocycles. The molecule has 1 N–H and O–H groups in total. The summed E-state index contributed by atoms with van der Waals surface area (Å²) in [4.78, 5) is 16.5. The molecule has 0 aliphatic heterocycles. The molecule has 3 aromatic rings. The molecule has 1 amide bonds. The number of aromatic nitrogens is 2. The Morgan fingerprint density at radius 3 is 2.71 bits per heavy atom. The van der Waals surface area contributed by atoms with Gasteiger partial charge in [-0.1, -0.05) is 34.4 Å². The Bertz CT molecular complexity index is 890. The van der Waals surface area contributed by atoms with Crippen LogP contribution in [0.25, 0.3) is 11.3 Å². The van der Waals surface area contributed by atoms with Gasteiger partial charge >= 0.3 is 0 Å². The highest BCUT2D eigenvalue weighted by Gasteiger charge is 2.25. The van der Waals surface area contributed by atoms with Crippen LogP contribution in [0, 0.1) is 12.7 Å². The Hall–Kier alpha value is -2.44. The maximum Gasteiger partial charge on any atom is 0.262 e. The van der Waals surface area contributed by atoms with Crippen molar-refractivity contribution < 1.29 is 13.7 Å². The topological polar surface area (TPSA) is 68.0 Å². The van der Waals surface area contributed by atoms with Crippen molar-refractivity contribution in [3.8, 4) is 11.3 Å². The Morgan fingerprint density at radius 1 is 1.25 bits per heavy atom. The van der Waals surface area contributed by atoms with Gasteiger partial charge in [-0.05, 0) is 31.2 Å². The Morgan fingerprint density at radius 2 is 2.04 bits per heavy atom. The summed E-state index contributed by atoms with van der Waals surface area (Å²) in [6.45, 7) is 1.55. The minimum absolute atomic E-state index is 0.00484. The molecule has 122 valence electrons. The number of anilines is 1. The van der Waals surface area contributed by atoms with Crippen LogP contribution >= 0.6 is 23.2 Å². The predicted octanol–water partition coefficient (Wildman–Crippen LogP) is 4.74. The monoisotopic (exact) mass is 365 g/mol. The van der Waals surface area contributed by atoms with Crippen LogP contribution in [0.2, 0.25) is 10.0 Å². The molecule has 2 heterocycles. The second-order valence-electron chi connectivity index (χ2n) is 4.87. The predicted molar refractivity (Wildman–Crippen MR) is 88.8 cm³/mol. The van der Waals surface area contributed by atoms with Gasteiger partial charge in [0, 0.05) is 6.20 Å². The molecule has 24 heavy (non-hydrogen) atoms. The minimum Gasteiger partial charge on any atom is -0.360 e. The second kappa shape index (κ2) is 6.59. The van der Waals surface area contributed by atoms with E-state index in [1.165, 1.54) is 24.4 Å². The average Bonchev–Trinajstić information content (AvgIpc) is 2.91. The number of halogens is 3. The van der Waals surface area contributed by atoms with Crippen molar-refractivity contribution in [3.63, 3.8) is 0 Å². The largest absolute Gasteiger partial charge is 0.360 e. The Balaban J connectivity index is 2.01. The number of hydrogen-bond donors (Lipinski definition) is 1. The third-order valence-electron chi connectivity index (χ3n) is 3.26. The molecule has 2 aromatic heterocycles. The van der Waals surface area contributed by atoms with Crippen molar-refractivity contribution in [2.45, 2.75) is 6.92 Å². The fraction of sp³-hybridized carbons (Fsp3) is 0.0625.